The van der Waals surface area contributed by atoms with E-state index >= 15 is 4.39 Å². The number of nitrogens with zero attached hydrogens (tertiary/aromatic N) is 5. The van der Waals surface area contributed by atoms with Crippen molar-refractivity contribution in [3.05, 3.63) is 91.8 Å². The Morgan fingerprint density at radius 2 is 1.92 bits per heavy atom. The summed E-state index contributed by atoms with van der Waals surface area (Å²) in [5.74, 6) is 0.127. The lowest BCUT2D eigenvalue weighted by molar-refractivity contribution is 0.161. The van der Waals surface area contributed by atoms with Crippen molar-refractivity contribution in [3.8, 4) is 22.5 Å². The average Bonchev–Trinajstić information content (AvgIpc) is 3.52. The van der Waals surface area contributed by atoms with Gasteiger partial charge in [-0.2, -0.15) is 10.1 Å². The van der Waals surface area contributed by atoms with E-state index in [1.54, 1.807) is 47.4 Å². The number of aryl methyl sites for hydroxylation is 2. The minimum atomic E-state index is -0.672. The van der Waals surface area contributed by atoms with Crippen LogP contribution < -0.4 is 11.3 Å². The number of nitrogens with one attached hydrogen (secondary N) is 1. The van der Waals surface area contributed by atoms with Gasteiger partial charge in [0, 0.05) is 24.7 Å². The highest BCUT2D eigenvalue weighted by Crippen LogP contribution is 2.31. The van der Waals surface area contributed by atoms with Crippen molar-refractivity contribution in [1.82, 2.24) is 29.3 Å². The fourth-order valence-corrected chi connectivity index (χ4v) is 4.95. The first-order valence-electron chi connectivity index (χ1n) is 12.7. The maximum absolute atomic E-state index is 15.7. The lowest BCUT2D eigenvalue weighted by Crippen LogP contribution is -2.33. The van der Waals surface area contributed by atoms with Crippen LogP contribution in [0, 0.1) is 12.7 Å². The van der Waals surface area contributed by atoms with Crippen molar-refractivity contribution in [1.29, 1.82) is 0 Å². The predicted molar refractivity (Wildman–Crippen MR) is 143 cm³/mol. The first-order valence-corrected chi connectivity index (χ1v) is 12.7. The van der Waals surface area contributed by atoms with Crippen molar-refractivity contribution in [2.75, 3.05) is 13.7 Å². The van der Waals surface area contributed by atoms with Gasteiger partial charge in [0.25, 0.3) is 5.56 Å². The molecular weight excluding hydrogens is 503 g/mol. The number of halogens is 1. The van der Waals surface area contributed by atoms with Crippen LogP contribution in [0.1, 0.15) is 49.0 Å². The molecule has 39 heavy (non-hydrogen) atoms. The molecule has 5 aromatic rings. The Balaban J connectivity index is 1.61. The molecule has 0 spiro atoms. The molecule has 2 aromatic carbocycles. The van der Waals surface area contributed by atoms with Gasteiger partial charge in [0.1, 0.15) is 11.6 Å². The standard InChI is InChI=1S/C28H29FN6O4/c1-5-8-24-22(26(36)34(16(2)15-38-4)27-30-17(3)32-35(24)27)13-19-12-11-18(14-23(19)29)20-9-6-7-10-21(20)25-31-28(37)39-33-25/h6-7,9-12,14,16H,5,8,13,15H2,1-4H3,(H,31,33,37). The third kappa shape index (κ3) is 4.92. The van der Waals surface area contributed by atoms with Crippen LogP contribution in [0.25, 0.3) is 28.3 Å². The summed E-state index contributed by atoms with van der Waals surface area (Å²) in [6, 6.07) is 11.8. The largest absolute Gasteiger partial charge is 0.439 e. The van der Waals surface area contributed by atoms with Gasteiger partial charge in [-0.3, -0.25) is 18.9 Å². The van der Waals surface area contributed by atoms with E-state index in [9.17, 15) is 9.59 Å². The molecule has 1 atom stereocenters. The van der Waals surface area contributed by atoms with Crippen LogP contribution in [0.4, 0.5) is 4.39 Å². The number of benzene rings is 2. The molecule has 3 heterocycles. The van der Waals surface area contributed by atoms with Gasteiger partial charge in [0.05, 0.1) is 18.3 Å². The number of ether oxygens (including phenoxy) is 1. The van der Waals surface area contributed by atoms with E-state index in [1.165, 1.54) is 6.07 Å². The van der Waals surface area contributed by atoms with Crippen LogP contribution in [0.3, 0.4) is 0 Å². The van der Waals surface area contributed by atoms with E-state index in [1.807, 2.05) is 26.0 Å². The minimum absolute atomic E-state index is 0.0904. The van der Waals surface area contributed by atoms with Crippen molar-refractivity contribution >= 4 is 5.78 Å². The highest BCUT2D eigenvalue weighted by atomic mass is 19.1. The number of aromatic amines is 1. The maximum Gasteiger partial charge on any atom is 0.439 e. The first kappa shape index (κ1) is 26.2. The fraction of sp³-hybridized carbons (Fsp3) is 0.321. The van der Waals surface area contributed by atoms with Gasteiger partial charge in [-0.15, -0.1) is 0 Å². The van der Waals surface area contributed by atoms with Crippen LogP contribution in [0.15, 0.2) is 56.6 Å². The second-order valence-corrected chi connectivity index (χ2v) is 9.50. The van der Waals surface area contributed by atoms with Gasteiger partial charge >= 0.3 is 5.76 Å². The van der Waals surface area contributed by atoms with Crippen LogP contribution in [0.2, 0.25) is 0 Å². The molecule has 1 N–H and O–H groups in total. The SMILES string of the molecule is CCCc1c(Cc2ccc(-c3ccccc3-c3noc(=O)[nH]3)cc2F)c(=O)n(C(C)COC)c2nc(C)nn12. The van der Waals surface area contributed by atoms with Crippen molar-refractivity contribution in [3.63, 3.8) is 0 Å². The zero-order valence-corrected chi connectivity index (χ0v) is 22.2. The molecule has 0 amide bonds. The number of methoxy groups -OCH3 is 1. The Hall–Kier alpha value is -4.38. The monoisotopic (exact) mass is 532 g/mol. The van der Waals surface area contributed by atoms with Gasteiger partial charge in [-0.1, -0.05) is 54.9 Å². The molecule has 5 rings (SSSR count). The Labute approximate surface area is 223 Å². The third-order valence-corrected chi connectivity index (χ3v) is 6.68. The number of H-pyrrole nitrogens is 1. The van der Waals surface area contributed by atoms with Gasteiger partial charge < -0.3 is 4.74 Å². The molecule has 0 saturated carbocycles. The summed E-state index contributed by atoms with van der Waals surface area (Å²) in [4.78, 5) is 32.4. The van der Waals surface area contributed by atoms with E-state index in [0.29, 0.717) is 52.4 Å². The van der Waals surface area contributed by atoms with E-state index in [4.69, 9.17) is 4.74 Å². The smallest absolute Gasteiger partial charge is 0.383 e. The molecule has 0 bridgehead atoms. The zero-order valence-electron chi connectivity index (χ0n) is 22.2. The molecule has 11 heteroatoms. The molecule has 202 valence electrons. The molecule has 10 nitrogen and oxygen atoms in total. The quantitative estimate of drug-likeness (QED) is 0.303. The van der Waals surface area contributed by atoms with E-state index in [0.717, 1.165) is 12.1 Å². The highest BCUT2D eigenvalue weighted by molar-refractivity contribution is 5.80. The molecule has 1 unspecified atom stereocenters. The molecule has 0 aliphatic heterocycles. The fourth-order valence-electron chi connectivity index (χ4n) is 4.95. The van der Waals surface area contributed by atoms with E-state index < -0.39 is 11.6 Å². The first-order chi connectivity index (χ1) is 18.8. The van der Waals surface area contributed by atoms with Gasteiger partial charge in [-0.25, -0.2) is 13.7 Å². The zero-order chi connectivity index (χ0) is 27.7. The van der Waals surface area contributed by atoms with E-state index in [-0.39, 0.29) is 23.8 Å². The molecule has 0 aliphatic rings. The van der Waals surface area contributed by atoms with Crippen LogP contribution in [-0.4, -0.2) is 43.0 Å². The van der Waals surface area contributed by atoms with Crippen molar-refractivity contribution in [2.24, 2.45) is 0 Å². The van der Waals surface area contributed by atoms with Gasteiger partial charge in [0.2, 0.25) is 5.78 Å². The number of hydrogen-bond donors (Lipinski definition) is 1. The average molecular weight is 533 g/mol. The molecule has 0 aliphatic carbocycles. The molecule has 3 aromatic heterocycles. The van der Waals surface area contributed by atoms with E-state index in [2.05, 4.69) is 24.7 Å². The highest BCUT2D eigenvalue weighted by Gasteiger charge is 2.23. The molecule has 0 saturated heterocycles. The number of hydrogen-bond acceptors (Lipinski definition) is 7. The summed E-state index contributed by atoms with van der Waals surface area (Å²) in [6.07, 6.45) is 1.46. The van der Waals surface area contributed by atoms with Crippen LogP contribution >= 0.6 is 0 Å². The Morgan fingerprint density at radius 1 is 1.15 bits per heavy atom. The Kier molecular flexibility index (Phi) is 7.25. The van der Waals surface area contributed by atoms with Crippen molar-refractivity contribution < 1.29 is 13.7 Å². The molecule has 0 radical (unpaired) electrons. The molecular formula is C28H29FN6O4. The maximum atomic E-state index is 15.7. The Bertz CT molecular complexity index is 1770. The summed E-state index contributed by atoms with van der Waals surface area (Å²) in [5, 5.41) is 8.34. The number of fused-ring (bicyclic) bond motifs is 1. The normalized spacial score (nSPS) is 12.3. The molecule has 0 fully saturated rings. The second-order valence-electron chi connectivity index (χ2n) is 9.50. The second kappa shape index (κ2) is 10.8. The number of aromatic nitrogens is 6. The van der Waals surface area contributed by atoms with Crippen LogP contribution in [0.5, 0.6) is 0 Å². The predicted octanol–water partition coefficient (Wildman–Crippen LogP) is 4.10. The summed E-state index contributed by atoms with van der Waals surface area (Å²) in [5.41, 5.74) is 3.22. The lowest BCUT2D eigenvalue weighted by atomic mass is 9.95. The van der Waals surface area contributed by atoms with Crippen LogP contribution in [-0.2, 0) is 17.6 Å². The minimum Gasteiger partial charge on any atom is -0.383 e. The van der Waals surface area contributed by atoms with Crippen molar-refractivity contribution in [2.45, 2.75) is 46.1 Å². The summed E-state index contributed by atoms with van der Waals surface area (Å²) >= 11 is 0. The number of rotatable bonds is 9. The Morgan fingerprint density at radius 3 is 2.59 bits per heavy atom. The van der Waals surface area contributed by atoms with Gasteiger partial charge in [-0.05, 0) is 43.0 Å². The summed E-state index contributed by atoms with van der Waals surface area (Å²) in [6.45, 7) is 6.00. The van der Waals surface area contributed by atoms with Gasteiger partial charge in [0.15, 0.2) is 5.82 Å². The summed E-state index contributed by atoms with van der Waals surface area (Å²) in [7, 11) is 1.58. The lowest BCUT2D eigenvalue weighted by Gasteiger charge is -2.19. The summed E-state index contributed by atoms with van der Waals surface area (Å²) < 4.78 is 28.9. The topological polar surface area (TPSA) is 120 Å². The third-order valence-electron chi connectivity index (χ3n) is 6.68.